The zero-order valence-electron chi connectivity index (χ0n) is 11.4. The maximum Gasteiger partial charge on any atom is 0.245 e. The van der Waals surface area contributed by atoms with Crippen LogP contribution in [-0.2, 0) is 14.6 Å². The molecule has 0 bridgehead atoms. The lowest BCUT2D eigenvalue weighted by atomic mass is 10.1. The van der Waals surface area contributed by atoms with Crippen LogP contribution in [0.3, 0.4) is 0 Å². The molecule has 110 valence electrons. The molecule has 1 heterocycles. The molecule has 1 N–H and O–H groups in total. The highest BCUT2D eigenvalue weighted by Crippen LogP contribution is 2.26. The van der Waals surface area contributed by atoms with Crippen molar-refractivity contribution in [2.75, 3.05) is 17.2 Å². The number of rotatable bonds is 3. The Balaban J connectivity index is 2.30. The Kier molecular flexibility index (Phi) is 4.32. The number of sulfone groups is 1. The quantitative estimate of drug-likeness (QED) is 0.921. The minimum absolute atomic E-state index is 0.0558. The first kappa shape index (κ1) is 14.8. The second-order valence-corrected chi connectivity index (χ2v) is 7.26. The Hall–Kier alpha value is -1.56. The number of aromatic hydroxyl groups is 1. The lowest BCUT2D eigenvalue weighted by Crippen LogP contribution is -2.45. The van der Waals surface area contributed by atoms with E-state index in [1.807, 2.05) is 0 Å². The van der Waals surface area contributed by atoms with Gasteiger partial charge in [0, 0.05) is 18.3 Å². The van der Waals surface area contributed by atoms with Crippen LogP contribution in [0.1, 0.15) is 26.2 Å². The third kappa shape index (κ3) is 2.95. The van der Waals surface area contributed by atoms with Crippen molar-refractivity contribution in [2.24, 2.45) is 0 Å². The summed E-state index contributed by atoms with van der Waals surface area (Å²) in [6.45, 7) is 2.16. The van der Waals surface area contributed by atoms with Crippen molar-refractivity contribution in [1.82, 2.24) is 0 Å². The number of amides is 1. The van der Waals surface area contributed by atoms with Gasteiger partial charge in [-0.15, -0.1) is 0 Å². The first-order valence-corrected chi connectivity index (χ1v) is 8.49. The van der Waals surface area contributed by atoms with Gasteiger partial charge in [0.05, 0.1) is 5.75 Å². The smallest absolute Gasteiger partial charge is 0.245 e. The molecule has 0 saturated carbocycles. The van der Waals surface area contributed by atoms with Crippen LogP contribution in [0.15, 0.2) is 24.3 Å². The van der Waals surface area contributed by atoms with E-state index in [0.717, 1.165) is 6.42 Å². The predicted octanol–water partition coefficient (Wildman–Crippen LogP) is 1.71. The Morgan fingerprint density at radius 2 is 2.15 bits per heavy atom. The average molecular weight is 297 g/mol. The number of carbonyl (C=O) groups excluding carboxylic acids is 1. The largest absolute Gasteiger partial charge is 0.508 e. The van der Waals surface area contributed by atoms with Crippen LogP contribution in [0, 0.1) is 0 Å². The highest BCUT2D eigenvalue weighted by Gasteiger charge is 2.37. The van der Waals surface area contributed by atoms with E-state index in [-0.39, 0.29) is 11.5 Å². The van der Waals surface area contributed by atoms with E-state index in [9.17, 15) is 18.3 Å². The summed E-state index contributed by atoms with van der Waals surface area (Å²) < 4.78 is 24.1. The molecule has 1 saturated heterocycles. The summed E-state index contributed by atoms with van der Waals surface area (Å²) in [6.07, 6.45) is 1.77. The minimum Gasteiger partial charge on any atom is -0.508 e. The molecule has 1 unspecified atom stereocenters. The fourth-order valence-electron chi connectivity index (χ4n) is 2.53. The second-order valence-electron chi connectivity index (χ2n) is 4.95. The van der Waals surface area contributed by atoms with Gasteiger partial charge in [-0.2, -0.15) is 0 Å². The van der Waals surface area contributed by atoms with E-state index in [1.54, 1.807) is 19.1 Å². The molecule has 6 heteroatoms. The van der Waals surface area contributed by atoms with Crippen molar-refractivity contribution in [2.45, 2.75) is 31.4 Å². The molecule has 2 rings (SSSR count). The van der Waals surface area contributed by atoms with E-state index >= 15 is 0 Å². The number of carbonyl (C=O) groups is 1. The number of phenolic OH excluding ortho intramolecular Hbond substituents is 1. The van der Waals surface area contributed by atoms with Gasteiger partial charge < -0.3 is 10.0 Å². The summed E-state index contributed by atoms with van der Waals surface area (Å²) in [5.74, 6) is -0.251. The second kappa shape index (κ2) is 5.83. The van der Waals surface area contributed by atoms with Gasteiger partial charge in [0.2, 0.25) is 5.91 Å². The molecule has 1 aromatic carbocycles. The van der Waals surface area contributed by atoms with Crippen LogP contribution in [-0.4, -0.2) is 37.0 Å². The van der Waals surface area contributed by atoms with Crippen LogP contribution in [0.4, 0.5) is 5.69 Å². The standard InChI is InChI=1S/C14H19NO4S/c1-2-15(11-6-5-7-12(16)10-11)14(17)13-8-3-4-9-20(13,18)19/h5-7,10,13,16H,2-4,8-9H2,1H3. The molecule has 1 fully saturated rings. The van der Waals surface area contributed by atoms with Gasteiger partial charge in [-0.25, -0.2) is 8.42 Å². The predicted molar refractivity (Wildman–Crippen MR) is 77.6 cm³/mol. The molecule has 1 atom stereocenters. The van der Waals surface area contributed by atoms with Gasteiger partial charge in [0.25, 0.3) is 0 Å². The van der Waals surface area contributed by atoms with E-state index in [0.29, 0.717) is 25.1 Å². The molecule has 0 radical (unpaired) electrons. The summed E-state index contributed by atoms with van der Waals surface area (Å²) in [7, 11) is -3.35. The maximum absolute atomic E-state index is 12.5. The van der Waals surface area contributed by atoms with Gasteiger partial charge >= 0.3 is 0 Å². The molecule has 1 amide bonds. The Bertz CT molecular complexity index is 597. The Labute approximate surface area is 119 Å². The third-order valence-electron chi connectivity index (χ3n) is 3.58. The van der Waals surface area contributed by atoms with Crippen LogP contribution in [0.5, 0.6) is 5.75 Å². The number of anilines is 1. The fourth-order valence-corrected chi connectivity index (χ4v) is 4.38. The summed E-state index contributed by atoms with van der Waals surface area (Å²) in [4.78, 5) is 13.9. The van der Waals surface area contributed by atoms with Crippen molar-refractivity contribution < 1.29 is 18.3 Å². The van der Waals surface area contributed by atoms with Gasteiger partial charge in [-0.3, -0.25) is 4.79 Å². The Morgan fingerprint density at radius 1 is 1.40 bits per heavy atom. The lowest BCUT2D eigenvalue weighted by molar-refractivity contribution is -0.118. The molecule has 5 nitrogen and oxygen atoms in total. The summed E-state index contributed by atoms with van der Waals surface area (Å²) in [5, 5.41) is 8.55. The number of nitrogens with zero attached hydrogens (tertiary/aromatic N) is 1. The third-order valence-corrected chi connectivity index (χ3v) is 5.74. The van der Waals surface area contributed by atoms with Crippen molar-refractivity contribution in [3.8, 4) is 5.75 Å². The maximum atomic E-state index is 12.5. The SMILES string of the molecule is CCN(C(=O)C1CCCCS1(=O)=O)c1cccc(O)c1. The molecular formula is C14H19NO4S. The summed E-state index contributed by atoms with van der Waals surface area (Å²) >= 11 is 0. The number of hydrogen-bond donors (Lipinski definition) is 1. The van der Waals surface area contributed by atoms with E-state index < -0.39 is 21.0 Å². The zero-order chi connectivity index (χ0) is 14.8. The summed E-state index contributed by atoms with van der Waals surface area (Å²) in [6, 6.07) is 6.31. The fraction of sp³-hybridized carbons (Fsp3) is 0.500. The van der Waals surface area contributed by atoms with Crippen LogP contribution in [0.25, 0.3) is 0 Å². The molecule has 0 spiro atoms. The first-order valence-electron chi connectivity index (χ1n) is 6.77. The van der Waals surface area contributed by atoms with Crippen molar-refractivity contribution >= 4 is 21.4 Å². The van der Waals surface area contributed by atoms with Crippen LogP contribution in [0.2, 0.25) is 0 Å². The van der Waals surface area contributed by atoms with Crippen LogP contribution >= 0.6 is 0 Å². The molecular weight excluding hydrogens is 278 g/mol. The van der Waals surface area contributed by atoms with Crippen molar-refractivity contribution in [1.29, 1.82) is 0 Å². The molecule has 0 aromatic heterocycles. The molecule has 20 heavy (non-hydrogen) atoms. The van der Waals surface area contributed by atoms with E-state index in [2.05, 4.69) is 0 Å². The monoisotopic (exact) mass is 297 g/mol. The van der Waals surface area contributed by atoms with Gasteiger partial charge in [-0.1, -0.05) is 12.5 Å². The molecule has 0 aliphatic carbocycles. The Morgan fingerprint density at radius 3 is 2.75 bits per heavy atom. The highest BCUT2D eigenvalue weighted by atomic mass is 32.2. The topological polar surface area (TPSA) is 74.7 Å². The van der Waals surface area contributed by atoms with Gasteiger partial charge in [-0.05, 0) is 31.9 Å². The van der Waals surface area contributed by atoms with Crippen LogP contribution < -0.4 is 4.90 Å². The highest BCUT2D eigenvalue weighted by molar-refractivity contribution is 7.92. The van der Waals surface area contributed by atoms with Gasteiger partial charge in [0.15, 0.2) is 9.84 Å². The number of phenols is 1. The lowest BCUT2D eigenvalue weighted by Gasteiger charge is -2.28. The average Bonchev–Trinajstić information content (AvgIpc) is 2.39. The van der Waals surface area contributed by atoms with E-state index in [1.165, 1.54) is 17.0 Å². The van der Waals surface area contributed by atoms with E-state index in [4.69, 9.17) is 0 Å². The number of hydrogen-bond acceptors (Lipinski definition) is 4. The minimum atomic E-state index is -3.35. The molecule has 1 aromatic rings. The van der Waals surface area contributed by atoms with Gasteiger partial charge in [0.1, 0.15) is 11.0 Å². The van der Waals surface area contributed by atoms with Crippen molar-refractivity contribution in [3.63, 3.8) is 0 Å². The first-order chi connectivity index (χ1) is 9.45. The number of benzene rings is 1. The van der Waals surface area contributed by atoms with Crippen molar-refractivity contribution in [3.05, 3.63) is 24.3 Å². The zero-order valence-corrected chi connectivity index (χ0v) is 12.3. The molecule has 1 aliphatic rings. The normalized spacial score (nSPS) is 21.4. The summed E-state index contributed by atoms with van der Waals surface area (Å²) in [5.41, 5.74) is 0.526. The molecule has 1 aliphatic heterocycles.